The van der Waals surface area contributed by atoms with Crippen molar-refractivity contribution < 1.29 is 4.52 Å². The van der Waals surface area contributed by atoms with Crippen LogP contribution in [0.15, 0.2) is 9.32 Å². The van der Waals surface area contributed by atoms with E-state index in [2.05, 4.69) is 21.6 Å². The summed E-state index contributed by atoms with van der Waals surface area (Å²) in [6.45, 7) is 2.22. The predicted molar refractivity (Wildman–Crippen MR) is 52.1 cm³/mol. The van der Waals surface area contributed by atoms with Gasteiger partial charge in [-0.2, -0.15) is 0 Å². The summed E-state index contributed by atoms with van der Waals surface area (Å²) in [6.07, 6.45) is 6.03. The molecular weight excluding hydrogens is 180 g/mol. The van der Waals surface area contributed by atoms with Gasteiger partial charge in [0.1, 0.15) is 0 Å². The number of rotatable bonds is 2. The molecular formula is C10H16N2O2. The molecule has 1 aliphatic rings. The number of hydrogen-bond donors (Lipinski definition) is 1. The van der Waals surface area contributed by atoms with Gasteiger partial charge in [0.2, 0.25) is 0 Å². The van der Waals surface area contributed by atoms with Gasteiger partial charge < -0.3 is 0 Å². The number of aromatic amines is 1. The molecule has 14 heavy (non-hydrogen) atoms. The quantitative estimate of drug-likeness (QED) is 0.787. The first-order valence-electron chi connectivity index (χ1n) is 5.35. The fourth-order valence-corrected chi connectivity index (χ4v) is 2.33. The van der Waals surface area contributed by atoms with E-state index in [0.29, 0.717) is 5.92 Å². The summed E-state index contributed by atoms with van der Waals surface area (Å²) >= 11 is 0. The summed E-state index contributed by atoms with van der Waals surface area (Å²) in [7, 11) is 0. The monoisotopic (exact) mass is 196 g/mol. The van der Waals surface area contributed by atoms with Gasteiger partial charge in [0.25, 0.3) is 0 Å². The lowest BCUT2D eigenvalue weighted by Gasteiger charge is -2.26. The molecule has 1 N–H and O–H groups in total. The van der Waals surface area contributed by atoms with Crippen molar-refractivity contribution in [2.24, 2.45) is 5.92 Å². The van der Waals surface area contributed by atoms with Crippen LogP contribution in [-0.4, -0.2) is 10.1 Å². The zero-order valence-electron chi connectivity index (χ0n) is 8.45. The first kappa shape index (κ1) is 9.49. The van der Waals surface area contributed by atoms with E-state index >= 15 is 0 Å². The predicted octanol–water partition coefficient (Wildman–Crippen LogP) is 2.05. The Bertz CT molecular complexity index is 342. The van der Waals surface area contributed by atoms with Crippen LogP contribution in [0.4, 0.5) is 0 Å². The summed E-state index contributed by atoms with van der Waals surface area (Å²) < 4.78 is 4.53. The zero-order valence-corrected chi connectivity index (χ0v) is 8.45. The Kier molecular flexibility index (Phi) is 2.70. The van der Waals surface area contributed by atoms with Crippen LogP contribution < -0.4 is 5.76 Å². The average molecular weight is 196 g/mol. The molecule has 1 aromatic rings. The Balaban J connectivity index is 2.07. The number of nitrogens with zero attached hydrogens (tertiary/aromatic N) is 1. The Morgan fingerprint density at radius 2 is 2.43 bits per heavy atom. The maximum atomic E-state index is 10.8. The van der Waals surface area contributed by atoms with Gasteiger partial charge in [0.15, 0.2) is 5.82 Å². The number of hydrogen-bond acceptors (Lipinski definition) is 3. The molecule has 0 aromatic carbocycles. The van der Waals surface area contributed by atoms with Crippen LogP contribution in [0.1, 0.15) is 50.8 Å². The normalized spacial score (nSPS) is 27.8. The Morgan fingerprint density at radius 3 is 3.07 bits per heavy atom. The number of nitrogens with one attached hydrogen (secondary N) is 1. The standard InChI is InChI=1S/C10H16N2O2/c1-2-7-4-3-5-8(6-7)9-11-10(13)14-12-9/h7-8H,2-6H2,1H3,(H,11,12,13). The topological polar surface area (TPSA) is 58.9 Å². The molecule has 0 radical (unpaired) electrons. The summed E-state index contributed by atoms with van der Waals surface area (Å²) in [5.74, 6) is 1.50. The Morgan fingerprint density at radius 1 is 1.57 bits per heavy atom. The van der Waals surface area contributed by atoms with Gasteiger partial charge in [-0.05, 0) is 18.8 Å². The van der Waals surface area contributed by atoms with Crippen molar-refractivity contribution in [3.8, 4) is 0 Å². The minimum Gasteiger partial charge on any atom is -0.296 e. The molecule has 0 amide bonds. The molecule has 1 saturated carbocycles. The van der Waals surface area contributed by atoms with Crippen LogP contribution in [-0.2, 0) is 0 Å². The Hall–Kier alpha value is -1.06. The minimum atomic E-state index is -0.432. The molecule has 1 heterocycles. The lowest BCUT2D eigenvalue weighted by Crippen LogP contribution is -2.15. The molecule has 0 aliphatic heterocycles. The third kappa shape index (κ3) is 1.89. The van der Waals surface area contributed by atoms with Gasteiger partial charge in [0, 0.05) is 5.92 Å². The summed E-state index contributed by atoms with van der Waals surface area (Å²) in [5, 5.41) is 3.77. The van der Waals surface area contributed by atoms with E-state index in [1.165, 1.54) is 19.3 Å². The largest absolute Gasteiger partial charge is 0.438 e. The molecule has 4 nitrogen and oxygen atoms in total. The first-order chi connectivity index (χ1) is 6.79. The molecule has 78 valence electrons. The van der Waals surface area contributed by atoms with Gasteiger partial charge in [-0.1, -0.05) is 31.3 Å². The van der Waals surface area contributed by atoms with Crippen molar-refractivity contribution in [1.82, 2.24) is 10.1 Å². The minimum absolute atomic E-state index is 0.403. The van der Waals surface area contributed by atoms with Gasteiger partial charge in [-0.3, -0.25) is 9.51 Å². The molecule has 4 heteroatoms. The van der Waals surface area contributed by atoms with Crippen molar-refractivity contribution in [2.45, 2.75) is 44.9 Å². The van der Waals surface area contributed by atoms with Crippen LogP contribution in [0.2, 0.25) is 0 Å². The second kappa shape index (κ2) is 3.98. The highest BCUT2D eigenvalue weighted by Gasteiger charge is 2.24. The van der Waals surface area contributed by atoms with Crippen LogP contribution in [0, 0.1) is 5.92 Å². The fourth-order valence-electron chi connectivity index (χ4n) is 2.33. The summed E-state index contributed by atoms with van der Waals surface area (Å²) in [6, 6.07) is 0. The summed E-state index contributed by atoms with van der Waals surface area (Å²) in [4.78, 5) is 13.5. The molecule has 0 bridgehead atoms. The number of H-pyrrole nitrogens is 1. The van der Waals surface area contributed by atoms with E-state index in [1.807, 2.05) is 0 Å². The van der Waals surface area contributed by atoms with Crippen molar-refractivity contribution in [3.05, 3.63) is 16.4 Å². The third-order valence-corrected chi connectivity index (χ3v) is 3.20. The van der Waals surface area contributed by atoms with Crippen LogP contribution >= 0.6 is 0 Å². The van der Waals surface area contributed by atoms with E-state index in [4.69, 9.17) is 0 Å². The van der Waals surface area contributed by atoms with E-state index in [9.17, 15) is 4.79 Å². The van der Waals surface area contributed by atoms with Crippen molar-refractivity contribution in [1.29, 1.82) is 0 Å². The van der Waals surface area contributed by atoms with Crippen LogP contribution in [0.25, 0.3) is 0 Å². The highest BCUT2D eigenvalue weighted by molar-refractivity contribution is 4.94. The Labute approximate surface area is 82.7 Å². The second-order valence-electron chi connectivity index (χ2n) is 4.12. The fraction of sp³-hybridized carbons (Fsp3) is 0.800. The van der Waals surface area contributed by atoms with Gasteiger partial charge in [-0.15, -0.1) is 0 Å². The second-order valence-corrected chi connectivity index (χ2v) is 4.12. The van der Waals surface area contributed by atoms with Crippen LogP contribution in [0.3, 0.4) is 0 Å². The molecule has 1 aliphatic carbocycles. The smallest absolute Gasteiger partial charge is 0.296 e. The van der Waals surface area contributed by atoms with E-state index < -0.39 is 5.76 Å². The lowest BCUT2D eigenvalue weighted by atomic mass is 9.80. The zero-order chi connectivity index (χ0) is 9.97. The summed E-state index contributed by atoms with van der Waals surface area (Å²) in [5.41, 5.74) is 0. The van der Waals surface area contributed by atoms with E-state index in [0.717, 1.165) is 24.6 Å². The molecule has 1 fully saturated rings. The highest BCUT2D eigenvalue weighted by Crippen LogP contribution is 2.35. The lowest BCUT2D eigenvalue weighted by molar-refractivity contribution is 0.298. The number of aromatic nitrogens is 2. The SMILES string of the molecule is CCC1CCCC(c2noc(=O)[nH]2)C1. The van der Waals surface area contributed by atoms with Gasteiger partial charge in [0.05, 0.1) is 0 Å². The molecule has 2 unspecified atom stereocenters. The molecule has 2 atom stereocenters. The molecule has 1 aromatic heterocycles. The van der Waals surface area contributed by atoms with Gasteiger partial charge >= 0.3 is 5.76 Å². The third-order valence-electron chi connectivity index (χ3n) is 3.20. The van der Waals surface area contributed by atoms with Gasteiger partial charge in [-0.25, -0.2) is 4.79 Å². The van der Waals surface area contributed by atoms with Crippen LogP contribution in [0.5, 0.6) is 0 Å². The van der Waals surface area contributed by atoms with Crippen molar-refractivity contribution in [2.75, 3.05) is 0 Å². The maximum Gasteiger partial charge on any atom is 0.438 e. The molecule has 2 rings (SSSR count). The first-order valence-corrected chi connectivity index (χ1v) is 5.35. The molecule has 0 saturated heterocycles. The van der Waals surface area contributed by atoms with Crippen molar-refractivity contribution >= 4 is 0 Å². The van der Waals surface area contributed by atoms with Crippen molar-refractivity contribution in [3.63, 3.8) is 0 Å². The maximum absolute atomic E-state index is 10.8. The van der Waals surface area contributed by atoms with E-state index in [1.54, 1.807) is 0 Å². The molecule has 0 spiro atoms. The van der Waals surface area contributed by atoms with E-state index in [-0.39, 0.29) is 0 Å². The highest BCUT2D eigenvalue weighted by atomic mass is 16.5. The average Bonchev–Trinajstić information content (AvgIpc) is 2.65.